The van der Waals surface area contributed by atoms with Crippen LogP contribution in [0.4, 0.5) is 11.4 Å². The number of aromatic nitrogens is 2. The molecule has 0 radical (unpaired) electrons. The molecule has 2 heterocycles. The van der Waals surface area contributed by atoms with E-state index in [0.717, 1.165) is 18.8 Å². The SMILES string of the molecule is COC(=O)c1cc(N2CCN(C(C)c3nc(C)no3)CC2)ccc1[N+](=O)[O-]. The van der Waals surface area contributed by atoms with Crippen LogP contribution < -0.4 is 4.90 Å². The van der Waals surface area contributed by atoms with E-state index in [1.807, 2.05) is 6.92 Å². The molecule has 27 heavy (non-hydrogen) atoms. The molecule has 0 N–H and O–H groups in total. The first-order valence-corrected chi connectivity index (χ1v) is 8.56. The molecule has 1 atom stereocenters. The number of esters is 1. The first-order valence-electron chi connectivity index (χ1n) is 8.56. The smallest absolute Gasteiger partial charge is 0.344 e. The molecule has 1 aromatic heterocycles. The minimum atomic E-state index is -0.720. The van der Waals surface area contributed by atoms with Crippen molar-refractivity contribution in [2.75, 3.05) is 38.2 Å². The van der Waals surface area contributed by atoms with Crippen molar-refractivity contribution in [1.82, 2.24) is 15.0 Å². The number of carbonyl (C=O) groups excluding carboxylic acids is 1. The maximum Gasteiger partial charge on any atom is 0.344 e. The fourth-order valence-corrected chi connectivity index (χ4v) is 3.16. The Morgan fingerprint density at radius 1 is 1.33 bits per heavy atom. The summed E-state index contributed by atoms with van der Waals surface area (Å²) >= 11 is 0. The van der Waals surface area contributed by atoms with Crippen LogP contribution in [0.15, 0.2) is 22.7 Å². The molecule has 1 fully saturated rings. The average molecular weight is 375 g/mol. The third-order valence-corrected chi connectivity index (χ3v) is 4.71. The number of rotatable bonds is 5. The Balaban J connectivity index is 1.72. The quantitative estimate of drug-likeness (QED) is 0.439. The topological polar surface area (TPSA) is 115 Å². The molecule has 144 valence electrons. The van der Waals surface area contributed by atoms with Crippen LogP contribution in [0.3, 0.4) is 0 Å². The van der Waals surface area contributed by atoms with Crippen LogP contribution in [-0.2, 0) is 4.74 Å². The van der Waals surface area contributed by atoms with Gasteiger partial charge in [0.2, 0.25) is 5.89 Å². The molecule has 3 rings (SSSR count). The zero-order valence-corrected chi connectivity index (χ0v) is 15.4. The Morgan fingerprint density at radius 3 is 2.59 bits per heavy atom. The standard InChI is InChI=1S/C17H21N5O5/c1-11(16-18-12(2)19-27-16)20-6-8-21(9-7-20)13-4-5-15(22(24)25)14(10-13)17(23)26-3/h4-5,10-11H,6-9H2,1-3H3. The molecule has 10 heteroatoms. The second-order valence-corrected chi connectivity index (χ2v) is 6.33. The van der Waals surface area contributed by atoms with Gasteiger partial charge in [0.25, 0.3) is 5.69 Å². The van der Waals surface area contributed by atoms with Crippen LogP contribution in [0.5, 0.6) is 0 Å². The molecule has 0 spiro atoms. The minimum absolute atomic E-state index is 0.0100. The molecule has 1 aromatic carbocycles. The van der Waals surface area contributed by atoms with Crippen LogP contribution >= 0.6 is 0 Å². The molecular formula is C17H21N5O5. The number of nitro benzene ring substituents is 1. The van der Waals surface area contributed by atoms with E-state index < -0.39 is 10.9 Å². The molecule has 0 aliphatic carbocycles. The van der Waals surface area contributed by atoms with E-state index in [1.54, 1.807) is 13.0 Å². The first kappa shape index (κ1) is 18.8. The van der Waals surface area contributed by atoms with Crippen molar-refractivity contribution in [3.63, 3.8) is 0 Å². The predicted molar refractivity (Wildman–Crippen MR) is 95.7 cm³/mol. The highest BCUT2D eigenvalue weighted by atomic mass is 16.6. The summed E-state index contributed by atoms with van der Waals surface area (Å²) in [7, 11) is 1.21. The summed E-state index contributed by atoms with van der Waals surface area (Å²) in [5, 5.41) is 15.0. The van der Waals surface area contributed by atoms with Gasteiger partial charge in [0.05, 0.1) is 18.1 Å². The van der Waals surface area contributed by atoms with Crippen LogP contribution in [0.25, 0.3) is 0 Å². The van der Waals surface area contributed by atoms with Gasteiger partial charge in [-0.15, -0.1) is 0 Å². The molecule has 2 aromatic rings. The number of anilines is 1. The Kier molecular flexibility index (Phi) is 5.36. The molecule has 0 amide bonds. The summed E-state index contributed by atoms with van der Waals surface area (Å²) in [5.41, 5.74) is 0.448. The zero-order valence-electron chi connectivity index (χ0n) is 15.4. The van der Waals surface area contributed by atoms with Gasteiger partial charge in [-0.1, -0.05) is 5.16 Å². The summed E-state index contributed by atoms with van der Waals surface area (Å²) < 4.78 is 9.92. The van der Waals surface area contributed by atoms with Crippen molar-refractivity contribution in [2.45, 2.75) is 19.9 Å². The number of hydrogen-bond donors (Lipinski definition) is 0. The number of hydrogen-bond acceptors (Lipinski definition) is 9. The van der Waals surface area contributed by atoms with E-state index in [0.29, 0.717) is 24.8 Å². The van der Waals surface area contributed by atoms with Crippen molar-refractivity contribution in [1.29, 1.82) is 0 Å². The number of piperazine rings is 1. The molecule has 1 unspecified atom stereocenters. The van der Waals surface area contributed by atoms with Crippen LogP contribution in [-0.4, -0.2) is 59.2 Å². The maximum atomic E-state index is 11.9. The summed E-state index contributed by atoms with van der Waals surface area (Å²) in [6.07, 6.45) is 0. The van der Waals surface area contributed by atoms with E-state index in [1.165, 1.54) is 19.2 Å². The fraction of sp³-hybridized carbons (Fsp3) is 0.471. The van der Waals surface area contributed by atoms with Gasteiger partial charge in [0, 0.05) is 37.9 Å². The second kappa shape index (κ2) is 7.70. The van der Waals surface area contributed by atoms with Crippen molar-refractivity contribution < 1.29 is 19.0 Å². The Labute approximate surface area is 155 Å². The molecular weight excluding hydrogens is 354 g/mol. The van der Waals surface area contributed by atoms with Crippen molar-refractivity contribution in [3.8, 4) is 0 Å². The summed E-state index contributed by atoms with van der Waals surface area (Å²) in [5.74, 6) is 0.476. The lowest BCUT2D eigenvalue weighted by molar-refractivity contribution is -0.385. The third kappa shape index (κ3) is 3.90. The lowest BCUT2D eigenvalue weighted by Crippen LogP contribution is -2.47. The van der Waals surface area contributed by atoms with Gasteiger partial charge in [-0.25, -0.2) is 4.79 Å². The van der Waals surface area contributed by atoms with E-state index >= 15 is 0 Å². The van der Waals surface area contributed by atoms with Gasteiger partial charge < -0.3 is 14.2 Å². The molecule has 1 aliphatic rings. The number of aryl methyl sites for hydroxylation is 1. The number of ether oxygens (including phenoxy) is 1. The normalized spacial score (nSPS) is 16.2. The predicted octanol–water partition coefficient (Wildman–Crippen LogP) is 1.96. The summed E-state index contributed by atoms with van der Waals surface area (Å²) in [6, 6.07) is 4.53. The van der Waals surface area contributed by atoms with Gasteiger partial charge in [-0.05, 0) is 26.0 Å². The van der Waals surface area contributed by atoms with Gasteiger partial charge in [-0.3, -0.25) is 15.0 Å². The number of carbonyl (C=O) groups is 1. The Bertz CT molecular complexity index is 844. The van der Waals surface area contributed by atoms with Gasteiger partial charge in [0.1, 0.15) is 5.56 Å². The number of nitro groups is 1. The van der Waals surface area contributed by atoms with E-state index in [4.69, 9.17) is 4.52 Å². The first-order chi connectivity index (χ1) is 12.9. The third-order valence-electron chi connectivity index (χ3n) is 4.71. The van der Waals surface area contributed by atoms with Gasteiger partial charge in [-0.2, -0.15) is 4.98 Å². The molecule has 0 bridgehead atoms. The highest BCUT2D eigenvalue weighted by Gasteiger charge is 2.27. The highest BCUT2D eigenvalue weighted by molar-refractivity contribution is 5.95. The maximum absolute atomic E-state index is 11.9. The van der Waals surface area contributed by atoms with Crippen molar-refractivity contribution in [2.24, 2.45) is 0 Å². The molecule has 10 nitrogen and oxygen atoms in total. The minimum Gasteiger partial charge on any atom is -0.465 e. The lowest BCUT2D eigenvalue weighted by atomic mass is 10.1. The Morgan fingerprint density at radius 2 is 2.04 bits per heavy atom. The van der Waals surface area contributed by atoms with Crippen LogP contribution in [0.2, 0.25) is 0 Å². The largest absolute Gasteiger partial charge is 0.465 e. The number of nitrogens with zero attached hydrogens (tertiary/aromatic N) is 5. The molecule has 1 aliphatic heterocycles. The van der Waals surface area contributed by atoms with Crippen LogP contribution in [0.1, 0.15) is 35.0 Å². The molecule has 0 saturated carbocycles. The van der Waals surface area contributed by atoms with Gasteiger partial charge >= 0.3 is 5.97 Å². The fourth-order valence-electron chi connectivity index (χ4n) is 3.16. The van der Waals surface area contributed by atoms with Gasteiger partial charge in [0.15, 0.2) is 5.82 Å². The van der Waals surface area contributed by atoms with E-state index in [9.17, 15) is 14.9 Å². The van der Waals surface area contributed by atoms with Crippen molar-refractivity contribution in [3.05, 3.63) is 45.6 Å². The summed E-state index contributed by atoms with van der Waals surface area (Å²) in [4.78, 5) is 31.1. The van der Waals surface area contributed by atoms with E-state index in [2.05, 4.69) is 24.7 Å². The zero-order chi connectivity index (χ0) is 19.6. The van der Waals surface area contributed by atoms with Crippen LogP contribution in [0, 0.1) is 17.0 Å². The van der Waals surface area contributed by atoms with Crippen molar-refractivity contribution >= 4 is 17.3 Å². The second-order valence-electron chi connectivity index (χ2n) is 6.33. The Hall–Kier alpha value is -3.01. The number of methoxy groups -OCH3 is 1. The summed E-state index contributed by atoms with van der Waals surface area (Å²) in [6.45, 7) is 6.72. The van der Waals surface area contributed by atoms with E-state index in [-0.39, 0.29) is 17.3 Å². The molecule has 1 saturated heterocycles. The average Bonchev–Trinajstić information content (AvgIpc) is 3.12. The highest BCUT2D eigenvalue weighted by Crippen LogP contribution is 2.28. The number of benzene rings is 1. The lowest BCUT2D eigenvalue weighted by Gasteiger charge is -2.38. The monoisotopic (exact) mass is 375 g/mol.